The van der Waals surface area contributed by atoms with E-state index >= 15 is 0 Å². The van der Waals surface area contributed by atoms with Crippen molar-refractivity contribution in [2.75, 3.05) is 24.7 Å². The van der Waals surface area contributed by atoms with Crippen molar-refractivity contribution in [3.8, 4) is 0 Å². The first-order valence-corrected chi connectivity index (χ1v) is 9.07. The summed E-state index contributed by atoms with van der Waals surface area (Å²) in [6.45, 7) is 3.40. The summed E-state index contributed by atoms with van der Waals surface area (Å²) in [5.74, 6) is 0.0275. The van der Waals surface area contributed by atoms with Crippen molar-refractivity contribution in [3.05, 3.63) is 35.6 Å². The predicted octanol–water partition coefficient (Wildman–Crippen LogP) is 3.25. The van der Waals surface area contributed by atoms with Gasteiger partial charge in [-0.05, 0) is 24.1 Å². The Labute approximate surface area is 143 Å². The Morgan fingerprint density at radius 1 is 1.35 bits per heavy atom. The highest BCUT2D eigenvalue weighted by Crippen LogP contribution is 2.25. The number of amides is 1. The Balaban J connectivity index is 1.79. The smallest absolute Gasteiger partial charge is 0.233 e. The lowest BCUT2D eigenvalue weighted by atomic mass is 10.2. The maximum absolute atomic E-state index is 12.9. The van der Waals surface area contributed by atoms with Gasteiger partial charge in [0.15, 0.2) is 4.34 Å². The lowest BCUT2D eigenvalue weighted by molar-refractivity contribution is -0.127. The Morgan fingerprint density at radius 3 is 2.78 bits per heavy atom. The lowest BCUT2D eigenvalue weighted by Gasteiger charge is -2.16. The fourth-order valence-corrected chi connectivity index (χ4v) is 3.48. The van der Waals surface area contributed by atoms with Crippen LogP contribution < -0.4 is 5.32 Å². The molecule has 0 spiro atoms. The number of aromatic nitrogens is 2. The molecule has 1 aromatic heterocycles. The quantitative estimate of drug-likeness (QED) is 0.738. The second-order valence-corrected chi connectivity index (χ2v) is 7.16. The topological polar surface area (TPSA) is 58.1 Å². The van der Waals surface area contributed by atoms with Gasteiger partial charge in [0.25, 0.3) is 0 Å². The van der Waals surface area contributed by atoms with Crippen molar-refractivity contribution in [3.63, 3.8) is 0 Å². The maximum atomic E-state index is 12.9. The molecule has 0 unspecified atom stereocenters. The molecule has 0 saturated carbocycles. The molecule has 0 aliphatic rings. The average Bonchev–Trinajstić information content (AvgIpc) is 3.00. The molecule has 5 nitrogen and oxygen atoms in total. The molecule has 2 aromatic rings. The van der Waals surface area contributed by atoms with Crippen LogP contribution in [-0.4, -0.2) is 40.3 Å². The fourth-order valence-electron chi connectivity index (χ4n) is 1.76. The number of carbonyl (C=O) groups excluding carboxylic acids is 1. The van der Waals surface area contributed by atoms with Gasteiger partial charge in [0.2, 0.25) is 11.0 Å². The van der Waals surface area contributed by atoms with Crippen molar-refractivity contribution >= 4 is 34.1 Å². The number of thioether (sulfide) groups is 1. The number of halogens is 1. The highest BCUT2D eigenvalue weighted by molar-refractivity contribution is 8.01. The molecule has 1 heterocycles. The summed E-state index contributed by atoms with van der Waals surface area (Å²) in [4.78, 5) is 13.8. The number of hydrogen-bond acceptors (Lipinski definition) is 6. The van der Waals surface area contributed by atoms with Gasteiger partial charge in [-0.15, -0.1) is 10.2 Å². The van der Waals surface area contributed by atoms with E-state index in [1.807, 2.05) is 0 Å². The van der Waals surface area contributed by atoms with Crippen molar-refractivity contribution in [2.24, 2.45) is 0 Å². The summed E-state index contributed by atoms with van der Waals surface area (Å²) in [6, 6.07) is 6.16. The molecule has 0 aliphatic heterocycles. The van der Waals surface area contributed by atoms with Gasteiger partial charge in [0, 0.05) is 20.1 Å². The second kappa shape index (κ2) is 8.83. The van der Waals surface area contributed by atoms with E-state index in [4.69, 9.17) is 0 Å². The summed E-state index contributed by atoms with van der Waals surface area (Å²) < 4.78 is 13.6. The van der Waals surface area contributed by atoms with Crippen LogP contribution in [0.1, 0.15) is 18.9 Å². The van der Waals surface area contributed by atoms with Gasteiger partial charge in [-0.2, -0.15) is 0 Å². The van der Waals surface area contributed by atoms with Gasteiger partial charge in [-0.1, -0.05) is 42.2 Å². The zero-order valence-corrected chi connectivity index (χ0v) is 14.7. The van der Waals surface area contributed by atoms with Gasteiger partial charge in [0.1, 0.15) is 5.82 Å². The monoisotopic (exact) mass is 354 g/mol. The predicted molar refractivity (Wildman–Crippen MR) is 92.3 cm³/mol. The number of benzene rings is 1. The maximum Gasteiger partial charge on any atom is 0.233 e. The van der Waals surface area contributed by atoms with Gasteiger partial charge in [0.05, 0.1) is 5.75 Å². The third-order valence-electron chi connectivity index (χ3n) is 3.01. The fraction of sp³-hybridized carbons (Fsp3) is 0.400. The first kappa shape index (κ1) is 17.7. The molecule has 0 atom stereocenters. The van der Waals surface area contributed by atoms with Crippen LogP contribution in [0.2, 0.25) is 0 Å². The third kappa shape index (κ3) is 5.80. The second-order valence-electron chi connectivity index (χ2n) is 4.96. The third-order valence-corrected chi connectivity index (χ3v) is 5.01. The van der Waals surface area contributed by atoms with Crippen molar-refractivity contribution < 1.29 is 9.18 Å². The molecule has 0 radical (unpaired) electrons. The Hall–Kier alpha value is -1.67. The van der Waals surface area contributed by atoms with Crippen LogP contribution in [0.5, 0.6) is 0 Å². The molecule has 124 valence electrons. The largest absolute Gasteiger partial charge is 0.360 e. The number of hydrogen-bond donors (Lipinski definition) is 1. The van der Waals surface area contributed by atoms with E-state index in [1.54, 1.807) is 24.1 Å². The Bertz CT molecular complexity index is 633. The summed E-state index contributed by atoms with van der Waals surface area (Å²) in [5.41, 5.74) is 0.897. The van der Waals surface area contributed by atoms with E-state index in [0.29, 0.717) is 12.3 Å². The zero-order valence-electron chi connectivity index (χ0n) is 13.1. The lowest BCUT2D eigenvalue weighted by Crippen LogP contribution is -2.27. The van der Waals surface area contributed by atoms with Gasteiger partial charge < -0.3 is 10.2 Å². The van der Waals surface area contributed by atoms with E-state index < -0.39 is 0 Å². The van der Waals surface area contributed by atoms with Crippen molar-refractivity contribution in [1.29, 1.82) is 0 Å². The number of anilines is 1. The molecule has 1 amide bonds. The molecule has 2 rings (SSSR count). The van der Waals surface area contributed by atoms with Crippen molar-refractivity contribution in [1.82, 2.24) is 15.1 Å². The van der Waals surface area contributed by atoms with Crippen molar-refractivity contribution in [2.45, 2.75) is 24.2 Å². The molecule has 1 N–H and O–H groups in total. The minimum absolute atomic E-state index is 0.00223. The molecule has 8 heteroatoms. The Kier molecular flexibility index (Phi) is 6.79. The normalized spacial score (nSPS) is 10.6. The van der Waals surface area contributed by atoms with Crippen LogP contribution in [0.15, 0.2) is 28.6 Å². The minimum Gasteiger partial charge on any atom is -0.360 e. The molecule has 0 bridgehead atoms. The van der Waals surface area contributed by atoms with Crippen LogP contribution in [0.25, 0.3) is 0 Å². The van der Waals surface area contributed by atoms with E-state index in [2.05, 4.69) is 22.4 Å². The van der Waals surface area contributed by atoms with Crippen LogP contribution >= 0.6 is 23.1 Å². The molecular formula is C15H19FN4OS2. The molecule has 0 aliphatic carbocycles. The van der Waals surface area contributed by atoms with Gasteiger partial charge >= 0.3 is 0 Å². The van der Waals surface area contributed by atoms with Crippen LogP contribution in [0.3, 0.4) is 0 Å². The number of rotatable bonds is 8. The molecular weight excluding hydrogens is 335 g/mol. The summed E-state index contributed by atoms with van der Waals surface area (Å²) >= 11 is 2.83. The molecule has 1 aromatic carbocycles. The molecule has 0 fully saturated rings. The summed E-state index contributed by atoms with van der Waals surface area (Å²) in [7, 11) is 1.74. The molecule has 23 heavy (non-hydrogen) atoms. The SMILES string of the molecule is CCCNc1nnc(SCC(=O)N(C)Cc2ccc(F)cc2)s1. The summed E-state index contributed by atoms with van der Waals surface area (Å²) in [6.07, 6.45) is 1.02. The number of nitrogens with one attached hydrogen (secondary N) is 1. The number of nitrogens with zero attached hydrogens (tertiary/aromatic N) is 3. The van der Waals surface area contributed by atoms with Crippen LogP contribution in [-0.2, 0) is 11.3 Å². The summed E-state index contributed by atoms with van der Waals surface area (Å²) in [5, 5.41) is 12.0. The highest BCUT2D eigenvalue weighted by Gasteiger charge is 2.12. The number of carbonyl (C=O) groups is 1. The van der Waals surface area contributed by atoms with E-state index in [9.17, 15) is 9.18 Å². The molecule has 0 saturated heterocycles. The first-order chi connectivity index (χ1) is 11.1. The standard InChI is InChI=1S/C15H19FN4OS2/c1-3-8-17-14-18-19-15(23-14)22-10-13(21)20(2)9-11-4-6-12(16)7-5-11/h4-7H,3,8-10H2,1-2H3,(H,17,18). The first-order valence-electron chi connectivity index (χ1n) is 7.27. The van der Waals surface area contributed by atoms with Crippen LogP contribution in [0.4, 0.5) is 9.52 Å². The van der Waals surface area contributed by atoms with Gasteiger partial charge in [-0.25, -0.2) is 4.39 Å². The van der Waals surface area contributed by atoms with E-state index in [1.165, 1.54) is 35.2 Å². The van der Waals surface area contributed by atoms with E-state index in [-0.39, 0.29) is 11.7 Å². The average molecular weight is 354 g/mol. The Morgan fingerprint density at radius 2 is 2.09 bits per heavy atom. The minimum atomic E-state index is -0.276. The zero-order chi connectivity index (χ0) is 16.7. The van der Waals surface area contributed by atoms with Gasteiger partial charge in [-0.3, -0.25) is 4.79 Å². The highest BCUT2D eigenvalue weighted by atomic mass is 32.2. The van der Waals surface area contributed by atoms with Crippen LogP contribution in [0, 0.1) is 5.82 Å². The van der Waals surface area contributed by atoms with E-state index in [0.717, 1.165) is 28.0 Å².